The van der Waals surface area contributed by atoms with E-state index in [1.54, 1.807) is 24.4 Å². The van der Waals surface area contributed by atoms with Crippen LogP contribution in [0, 0.1) is 0 Å². The second-order valence-corrected chi connectivity index (χ2v) is 6.78. The van der Waals surface area contributed by atoms with Crippen molar-refractivity contribution in [3.63, 3.8) is 0 Å². The molecule has 0 bridgehead atoms. The topological polar surface area (TPSA) is 125 Å². The highest BCUT2D eigenvalue weighted by molar-refractivity contribution is 7.13. The fourth-order valence-electron chi connectivity index (χ4n) is 2.17. The lowest BCUT2D eigenvalue weighted by Crippen LogP contribution is -2.20. The van der Waals surface area contributed by atoms with E-state index in [9.17, 15) is 9.59 Å². The minimum Gasteiger partial charge on any atom is -0.490 e. The van der Waals surface area contributed by atoms with E-state index >= 15 is 0 Å². The standard InChI is InChI=1S/C18H21ClN4O5S/c1-3-26-14-6-11(5-13(19)17(14)28-9-15(20)24)8-21-23-18-22-12(10-29-18)7-16(25)27-4-2/h5-6,8,10H,3-4,7,9H2,1-2H3,(H2,20,24)(H,22,23). The van der Waals surface area contributed by atoms with Gasteiger partial charge in [0.1, 0.15) is 0 Å². The van der Waals surface area contributed by atoms with Gasteiger partial charge in [-0.25, -0.2) is 4.98 Å². The van der Waals surface area contributed by atoms with Crippen molar-refractivity contribution in [1.29, 1.82) is 0 Å². The molecule has 2 rings (SSSR count). The molecule has 156 valence electrons. The van der Waals surface area contributed by atoms with Crippen LogP contribution in [0.2, 0.25) is 5.02 Å². The van der Waals surface area contributed by atoms with Crippen LogP contribution in [0.4, 0.5) is 5.13 Å². The fourth-order valence-corrected chi connectivity index (χ4v) is 3.10. The Morgan fingerprint density at radius 1 is 1.31 bits per heavy atom. The first kappa shape index (κ1) is 22.4. The smallest absolute Gasteiger partial charge is 0.311 e. The van der Waals surface area contributed by atoms with E-state index < -0.39 is 5.91 Å². The van der Waals surface area contributed by atoms with Crippen LogP contribution in [-0.2, 0) is 20.7 Å². The van der Waals surface area contributed by atoms with Gasteiger partial charge in [0.2, 0.25) is 5.13 Å². The number of halogens is 1. The molecule has 0 saturated carbocycles. The summed E-state index contributed by atoms with van der Waals surface area (Å²) in [6, 6.07) is 3.28. The quantitative estimate of drug-likeness (QED) is 0.312. The predicted octanol–water partition coefficient (Wildman–Crippen LogP) is 2.61. The molecule has 2 aromatic rings. The molecule has 0 spiro atoms. The van der Waals surface area contributed by atoms with E-state index in [1.807, 2.05) is 6.92 Å². The van der Waals surface area contributed by atoms with Crippen molar-refractivity contribution in [3.8, 4) is 11.5 Å². The molecule has 0 aliphatic heterocycles. The van der Waals surface area contributed by atoms with Crippen LogP contribution in [0.3, 0.4) is 0 Å². The predicted molar refractivity (Wildman–Crippen MR) is 111 cm³/mol. The second-order valence-electron chi connectivity index (χ2n) is 5.51. The van der Waals surface area contributed by atoms with Gasteiger partial charge in [0.15, 0.2) is 18.1 Å². The Morgan fingerprint density at radius 2 is 2.10 bits per heavy atom. The van der Waals surface area contributed by atoms with E-state index in [1.165, 1.54) is 17.6 Å². The number of carbonyl (C=O) groups is 2. The van der Waals surface area contributed by atoms with Crippen molar-refractivity contribution in [1.82, 2.24) is 4.98 Å². The zero-order valence-corrected chi connectivity index (χ0v) is 17.5. The van der Waals surface area contributed by atoms with Crippen LogP contribution < -0.4 is 20.6 Å². The van der Waals surface area contributed by atoms with Gasteiger partial charge in [-0.1, -0.05) is 11.6 Å². The molecule has 0 radical (unpaired) electrons. The van der Waals surface area contributed by atoms with Crippen molar-refractivity contribution in [2.75, 3.05) is 25.2 Å². The van der Waals surface area contributed by atoms with Gasteiger partial charge < -0.3 is 19.9 Å². The number of esters is 1. The lowest BCUT2D eigenvalue weighted by atomic mass is 10.2. The van der Waals surface area contributed by atoms with Crippen molar-refractivity contribution >= 4 is 46.2 Å². The van der Waals surface area contributed by atoms with Gasteiger partial charge in [-0.3, -0.25) is 15.0 Å². The highest BCUT2D eigenvalue weighted by Gasteiger charge is 2.13. The summed E-state index contributed by atoms with van der Waals surface area (Å²) in [5.41, 5.74) is 9.13. The minimum atomic E-state index is -0.621. The number of amides is 1. The third-order valence-electron chi connectivity index (χ3n) is 3.25. The average Bonchev–Trinajstić information content (AvgIpc) is 3.08. The number of hydrogen-bond donors (Lipinski definition) is 2. The number of benzene rings is 1. The number of nitrogens with zero attached hydrogens (tertiary/aromatic N) is 2. The molecule has 11 heteroatoms. The maximum absolute atomic E-state index is 11.5. The van der Waals surface area contributed by atoms with Crippen LogP contribution in [0.25, 0.3) is 0 Å². The molecule has 3 N–H and O–H groups in total. The molecular formula is C18H21ClN4O5S. The molecule has 0 aliphatic carbocycles. The Balaban J connectivity index is 2.05. The number of nitrogens with two attached hydrogens (primary N) is 1. The van der Waals surface area contributed by atoms with Crippen molar-refractivity contribution in [2.45, 2.75) is 20.3 Å². The summed E-state index contributed by atoms with van der Waals surface area (Å²) < 4.78 is 15.7. The first-order valence-corrected chi connectivity index (χ1v) is 9.95. The third-order valence-corrected chi connectivity index (χ3v) is 4.32. The van der Waals surface area contributed by atoms with Gasteiger partial charge in [-0.15, -0.1) is 11.3 Å². The summed E-state index contributed by atoms with van der Waals surface area (Å²) in [5, 5.41) is 6.65. The maximum Gasteiger partial charge on any atom is 0.311 e. The van der Waals surface area contributed by atoms with Gasteiger partial charge in [0.05, 0.1) is 36.6 Å². The fraction of sp³-hybridized carbons (Fsp3) is 0.333. The van der Waals surface area contributed by atoms with E-state index in [0.29, 0.717) is 35.4 Å². The number of carbonyl (C=O) groups excluding carboxylic acids is 2. The summed E-state index contributed by atoms with van der Waals surface area (Å²) in [6.45, 7) is 3.96. The van der Waals surface area contributed by atoms with E-state index in [2.05, 4.69) is 15.5 Å². The second kappa shape index (κ2) is 11.2. The Hall–Kier alpha value is -2.85. The summed E-state index contributed by atoms with van der Waals surface area (Å²) in [4.78, 5) is 26.7. The molecule has 1 amide bonds. The number of ether oxygens (including phenoxy) is 3. The van der Waals surface area contributed by atoms with Crippen LogP contribution in [0.15, 0.2) is 22.6 Å². The molecule has 1 aromatic carbocycles. The van der Waals surface area contributed by atoms with Crippen molar-refractivity contribution < 1.29 is 23.8 Å². The normalized spacial score (nSPS) is 10.7. The largest absolute Gasteiger partial charge is 0.490 e. The SMILES string of the molecule is CCOC(=O)Cc1csc(NN=Cc2cc(Cl)c(OCC(N)=O)c(OCC)c2)n1. The molecule has 1 aromatic heterocycles. The molecule has 0 unspecified atom stereocenters. The number of anilines is 1. The minimum absolute atomic E-state index is 0.107. The van der Waals surface area contributed by atoms with Crippen LogP contribution in [0.1, 0.15) is 25.1 Å². The van der Waals surface area contributed by atoms with E-state index in [4.69, 9.17) is 31.5 Å². The Labute approximate surface area is 176 Å². The lowest BCUT2D eigenvalue weighted by Gasteiger charge is -2.13. The Kier molecular flexibility index (Phi) is 8.68. The van der Waals surface area contributed by atoms with Gasteiger partial charge in [-0.2, -0.15) is 5.10 Å². The Bertz CT molecular complexity index is 887. The summed E-state index contributed by atoms with van der Waals surface area (Å²) >= 11 is 7.55. The first-order valence-electron chi connectivity index (χ1n) is 8.69. The lowest BCUT2D eigenvalue weighted by molar-refractivity contribution is -0.142. The molecule has 0 atom stereocenters. The monoisotopic (exact) mass is 440 g/mol. The summed E-state index contributed by atoms with van der Waals surface area (Å²) in [6.07, 6.45) is 1.63. The number of thiazole rings is 1. The molecule has 0 saturated heterocycles. The highest BCUT2D eigenvalue weighted by atomic mass is 35.5. The maximum atomic E-state index is 11.5. The first-order chi connectivity index (χ1) is 13.9. The number of rotatable bonds is 11. The molecule has 1 heterocycles. The Morgan fingerprint density at radius 3 is 2.79 bits per heavy atom. The number of aromatic nitrogens is 1. The zero-order valence-electron chi connectivity index (χ0n) is 15.9. The summed E-state index contributed by atoms with van der Waals surface area (Å²) in [7, 11) is 0. The number of hydrazone groups is 1. The molecule has 0 aliphatic rings. The van der Waals surface area contributed by atoms with Gasteiger partial charge in [0.25, 0.3) is 5.91 Å². The number of nitrogens with one attached hydrogen (secondary N) is 1. The van der Waals surface area contributed by atoms with Gasteiger partial charge in [-0.05, 0) is 31.5 Å². The van der Waals surface area contributed by atoms with E-state index in [0.717, 1.165) is 0 Å². The van der Waals surface area contributed by atoms with E-state index in [-0.39, 0.29) is 29.8 Å². The summed E-state index contributed by atoms with van der Waals surface area (Å²) in [5.74, 6) is -0.344. The molecular weight excluding hydrogens is 420 g/mol. The van der Waals surface area contributed by atoms with Crippen LogP contribution in [0.5, 0.6) is 11.5 Å². The molecule has 0 fully saturated rings. The molecule has 29 heavy (non-hydrogen) atoms. The third kappa shape index (κ3) is 7.24. The van der Waals surface area contributed by atoms with Crippen LogP contribution >= 0.6 is 22.9 Å². The highest BCUT2D eigenvalue weighted by Crippen LogP contribution is 2.36. The zero-order chi connectivity index (χ0) is 21.2. The number of primary amides is 1. The van der Waals surface area contributed by atoms with Gasteiger partial charge in [0, 0.05) is 5.38 Å². The van der Waals surface area contributed by atoms with Crippen molar-refractivity contribution in [3.05, 3.63) is 33.8 Å². The van der Waals surface area contributed by atoms with Gasteiger partial charge >= 0.3 is 5.97 Å². The average molecular weight is 441 g/mol. The number of hydrogen-bond acceptors (Lipinski definition) is 9. The van der Waals surface area contributed by atoms with Crippen molar-refractivity contribution in [2.24, 2.45) is 10.8 Å². The van der Waals surface area contributed by atoms with Crippen LogP contribution in [-0.4, -0.2) is 42.9 Å². The molecule has 9 nitrogen and oxygen atoms in total.